The molecule has 1 aromatic rings. The Hall–Kier alpha value is -1.42. The van der Waals surface area contributed by atoms with Crippen molar-refractivity contribution in [3.05, 3.63) is 29.6 Å². The van der Waals surface area contributed by atoms with Crippen LogP contribution in [0.15, 0.2) is 18.2 Å². The summed E-state index contributed by atoms with van der Waals surface area (Å²) < 4.78 is 18.1. The zero-order chi connectivity index (χ0) is 12.1. The van der Waals surface area contributed by atoms with Crippen molar-refractivity contribution in [2.45, 2.75) is 19.9 Å². The Morgan fingerprint density at radius 2 is 2.25 bits per heavy atom. The van der Waals surface area contributed by atoms with Gasteiger partial charge in [0, 0.05) is 5.56 Å². The summed E-state index contributed by atoms with van der Waals surface area (Å²) in [7, 11) is 1.39. The highest BCUT2D eigenvalue weighted by molar-refractivity contribution is 5.99. The van der Waals surface area contributed by atoms with Crippen molar-refractivity contribution in [1.29, 1.82) is 0 Å². The molecule has 88 valence electrons. The van der Waals surface area contributed by atoms with Crippen LogP contribution in [0, 0.1) is 5.82 Å². The van der Waals surface area contributed by atoms with Gasteiger partial charge in [-0.25, -0.2) is 4.39 Å². The number of halogens is 1. The average molecular weight is 225 g/mol. The van der Waals surface area contributed by atoms with E-state index in [2.05, 4.69) is 5.32 Å². The maximum atomic E-state index is 13.4. The lowest BCUT2D eigenvalue weighted by molar-refractivity contribution is 0.0951. The van der Waals surface area contributed by atoms with Crippen LogP contribution in [-0.2, 0) is 0 Å². The van der Waals surface area contributed by atoms with E-state index < -0.39 is 5.82 Å². The van der Waals surface area contributed by atoms with Gasteiger partial charge in [-0.15, -0.1) is 0 Å². The highest BCUT2D eigenvalue weighted by Gasteiger charge is 2.15. The lowest BCUT2D eigenvalue weighted by Gasteiger charge is -2.11. The van der Waals surface area contributed by atoms with Crippen molar-refractivity contribution < 1.29 is 13.9 Å². The lowest BCUT2D eigenvalue weighted by atomic mass is 10.1. The van der Waals surface area contributed by atoms with Crippen LogP contribution >= 0.6 is 0 Å². The van der Waals surface area contributed by atoms with Crippen LogP contribution in [0.3, 0.4) is 0 Å². The second-order valence-electron chi connectivity index (χ2n) is 3.49. The number of ether oxygens (including phenoxy) is 1. The highest BCUT2D eigenvalue weighted by Crippen LogP contribution is 2.18. The summed E-state index contributed by atoms with van der Waals surface area (Å²) in [5.74, 6) is -0.492. The van der Waals surface area contributed by atoms with Crippen molar-refractivity contribution in [3.63, 3.8) is 0 Å². The van der Waals surface area contributed by atoms with Gasteiger partial charge >= 0.3 is 0 Å². The van der Waals surface area contributed by atoms with Crippen molar-refractivity contribution in [2.24, 2.45) is 0 Å². The highest BCUT2D eigenvalue weighted by atomic mass is 19.1. The van der Waals surface area contributed by atoms with Gasteiger partial charge in [0.05, 0.1) is 13.2 Å². The molecule has 0 amide bonds. The van der Waals surface area contributed by atoms with E-state index in [4.69, 9.17) is 4.74 Å². The molecule has 0 saturated carbocycles. The van der Waals surface area contributed by atoms with Crippen LogP contribution in [0.5, 0.6) is 5.75 Å². The molecule has 0 fully saturated rings. The molecule has 1 aromatic carbocycles. The molecule has 1 unspecified atom stereocenters. The number of carbonyl (C=O) groups excluding carboxylic acids is 1. The summed E-state index contributed by atoms with van der Waals surface area (Å²) in [6.45, 7) is 4.37. The van der Waals surface area contributed by atoms with E-state index >= 15 is 0 Å². The molecule has 0 spiro atoms. The zero-order valence-electron chi connectivity index (χ0n) is 9.71. The average Bonchev–Trinajstić information content (AvgIpc) is 2.28. The number of carbonyl (C=O) groups is 1. The van der Waals surface area contributed by atoms with Crippen LogP contribution < -0.4 is 10.1 Å². The smallest absolute Gasteiger partial charge is 0.179 e. The molecule has 0 aromatic heterocycles. The third-order valence-electron chi connectivity index (χ3n) is 2.34. The number of ketones is 1. The first kappa shape index (κ1) is 12.6. The first-order valence-electron chi connectivity index (χ1n) is 5.21. The number of Topliss-reactive ketones (excluding diaryl/α,β-unsaturated/α-hetero) is 1. The first-order valence-corrected chi connectivity index (χ1v) is 5.21. The minimum atomic E-state index is -0.517. The fourth-order valence-electron chi connectivity index (χ4n) is 1.47. The van der Waals surface area contributed by atoms with E-state index in [1.807, 2.05) is 6.92 Å². The molecule has 0 bridgehead atoms. The Morgan fingerprint density at radius 3 is 2.75 bits per heavy atom. The van der Waals surface area contributed by atoms with Crippen molar-refractivity contribution in [3.8, 4) is 5.75 Å². The quantitative estimate of drug-likeness (QED) is 0.779. The van der Waals surface area contributed by atoms with Crippen molar-refractivity contribution >= 4 is 5.78 Å². The molecular formula is C12H16FNO2. The van der Waals surface area contributed by atoms with E-state index in [0.29, 0.717) is 12.1 Å². The van der Waals surface area contributed by atoms with Crippen LogP contribution in [0.1, 0.15) is 24.2 Å². The molecule has 16 heavy (non-hydrogen) atoms. The predicted octanol–water partition coefficient (Wildman–Crippen LogP) is 2.02. The molecule has 3 nitrogen and oxygen atoms in total. The largest absolute Gasteiger partial charge is 0.494 e. The van der Waals surface area contributed by atoms with Gasteiger partial charge in [-0.1, -0.05) is 6.92 Å². The summed E-state index contributed by atoms with van der Waals surface area (Å²) in [4.78, 5) is 11.8. The molecule has 0 aliphatic heterocycles. The fraction of sp³-hybridized carbons (Fsp3) is 0.417. The topological polar surface area (TPSA) is 38.3 Å². The van der Waals surface area contributed by atoms with E-state index in [9.17, 15) is 9.18 Å². The van der Waals surface area contributed by atoms with Crippen LogP contribution in [-0.4, -0.2) is 25.5 Å². The summed E-state index contributed by atoms with van der Waals surface area (Å²) in [6.07, 6.45) is 0. The summed E-state index contributed by atoms with van der Waals surface area (Å²) in [5.41, 5.74) is 0.353. The van der Waals surface area contributed by atoms with Gasteiger partial charge < -0.3 is 10.1 Å². The minimum absolute atomic E-state index is 0.122. The Kier molecular flexibility index (Phi) is 4.43. The molecule has 0 radical (unpaired) electrons. The van der Waals surface area contributed by atoms with Gasteiger partial charge in [0.25, 0.3) is 0 Å². The van der Waals surface area contributed by atoms with Crippen LogP contribution in [0.25, 0.3) is 0 Å². The molecule has 4 heteroatoms. The Bertz CT molecular complexity index is 379. The third kappa shape index (κ3) is 2.79. The maximum Gasteiger partial charge on any atom is 0.179 e. The standard InChI is InChI=1S/C12H16FNO2/c1-4-14-8(2)12(15)9-5-6-11(16-3)10(13)7-9/h5-8,14H,4H2,1-3H3. The van der Waals surface area contributed by atoms with Gasteiger partial charge in [0.1, 0.15) is 0 Å². The van der Waals surface area contributed by atoms with Crippen molar-refractivity contribution in [1.82, 2.24) is 5.32 Å². The summed E-state index contributed by atoms with van der Waals surface area (Å²) in [5, 5.41) is 2.99. The number of methoxy groups -OCH3 is 1. The lowest BCUT2D eigenvalue weighted by Crippen LogP contribution is -2.33. The van der Waals surface area contributed by atoms with Gasteiger partial charge in [-0.3, -0.25) is 4.79 Å². The summed E-state index contributed by atoms with van der Waals surface area (Å²) >= 11 is 0. The van der Waals surface area contributed by atoms with Crippen molar-refractivity contribution in [2.75, 3.05) is 13.7 Å². The second kappa shape index (κ2) is 5.61. The number of hydrogen-bond donors (Lipinski definition) is 1. The molecule has 1 N–H and O–H groups in total. The number of rotatable bonds is 5. The number of likely N-dealkylation sites (N-methyl/N-ethyl adjacent to an activating group) is 1. The van der Waals surface area contributed by atoms with E-state index in [1.165, 1.54) is 19.2 Å². The SMILES string of the molecule is CCNC(C)C(=O)c1ccc(OC)c(F)c1. The fourth-order valence-corrected chi connectivity index (χ4v) is 1.47. The van der Waals surface area contributed by atoms with Gasteiger partial charge in [-0.05, 0) is 31.7 Å². The van der Waals surface area contributed by atoms with Crippen LogP contribution in [0.4, 0.5) is 4.39 Å². The van der Waals surface area contributed by atoms with Crippen LogP contribution in [0.2, 0.25) is 0 Å². The molecule has 0 saturated heterocycles. The predicted molar refractivity (Wildman–Crippen MR) is 60.4 cm³/mol. The maximum absolute atomic E-state index is 13.4. The van der Waals surface area contributed by atoms with Gasteiger partial charge in [-0.2, -0.15) is 0 Å². The molecule has 0 aliphatic rings. The number of benzene rings is 1. The Morgan fingerprint density at radius 1 is 1.56 bits per heavy atom. The molecule has 1 atom stereocenters. The summed E-state index contributed by atoms with van der Waals surface area (Å²) in [6, 6.07) is 3.92. The number of nitrogens with one attached hydrogen (secondary N) is 1. The third-order valence-corrected chi connectivity index (χ3v) is 2.34. The molecule has 0 aliphatic carbocycles. The monoisotopic (exact) mass is 225 g/mol. The first-order chi connectivity index (χ1) is 7.60. The number of hydrogen-bond acceptors (Lipinski definition) is 3. The zero-order valence-corrected chi connectivity index (χ0v) is 9.71. The molecule has 1 rings (SSSR count). The minimum Gasteiger partial charge on any atom is -0.494 e. The normalized spacial score (nSPS) is 12.2. The van der Waals surface area contributed by atoms with E-state index in [0.717, 1.165) is 0 Å². The van der Waals surface area contributed by atoms with Gasteiger partial charge in [0.2, 0.25) is 0 Å². The van der Waals surface area contributed by atoms with E-state index in [1.54, 1.807) is 13.0 Å². The van der Waals surface area contributed by atoms with E-state index in [-0.39, 0.29) is 17.6 Å². The molecule has 0 heterocycles. The van der Waals surface area contributed by atoms with Gasteiger partial charge in [0.15, 0.2) is 17.3 Å². The Labute approximate surface area is 94.6 Å². The Balaban J connectivity index is 2.88. The molecular weight excluding hydrogens is 209 g/mol. The second-order valence-corrected chi connectivity index (χ2v) is 3.49.